The lowest BCUT2D eigenvalue weighted by atomic mass is 10.1. The fourth-order valence-corrected chi connectivity index (χ4v) is 4.27. The van der Waals surface area contributed by atoms with Gasteiger partial charge in [0.15, 0.2) is 0 Å². The van der Waals surface area contributed by atoms with Crippen LogP contribution in [0.1, 0.15) is 20.7 Å². The number of ether oxygens (including phenoxy) is 1. The third-order valence-electron chi connectivity index (χ3n) is 6.09. The Balaban J connectivity index is 1.50. The molecule has 0 unspecified atom stereocenters. The van der Waals surface area contributed by atoms with Gasteiger partial charge in [0.05, 0.1) is 18.5 Å². The van der Waals surface area contributed by atoms with Gasteiger partial charge >= 0.3 is 6.09 Å². The number of nitrogens with zero attached hydrogens (tertiary/aromatic N) is 3. The molecule has 11 heteroatoms. The van der Waals surface area contributed by atoms with E-state index in [4.69, 9.17) is 4.74 Å². The molecule has 2 fully saturated rings. The quantitative estimate of drug-likeness (QED) is 0.687. The van der Waals surface area contributed by atoms with Gasteiger partial charge < -0.3 is 24.8 Å². The van der Waals surface area contributed by atoms with Crippen molar-refractivity contribution in [2.24, 2.45) is 0 Å². The molecule has 9 nitrogen and oxygen atoms in total. The summed E-state index contributed by atoms with van der Waals surface area (Å²) in [5.74, 6) is -2.18. The number of halogens is 2. The summed E-state index contributed by atoms with van der Waals surface area (Å²) in [5, 5.41) is 5.88. The Bertz CT molecular complexity index is 1090. The lowest BCUT2D eigenvalue weighted by Gasteiger charge is -2.37. The predicted octanol–water partition coefficient (Wildman–Crippen LogP) is 2.15. The summed E-state index contributed by atoms with van der Waals surface area (Å²) in [7, 11) is 1.25. The van der Waals surface area contributed by atoms with E-state index in [9.17, 15) is 23.2 Å². The van der Waals surface area contributed by atoms with Gasteiger partial charge in [-0.05, 0) is 30.3 Å². The molecule has 0 radical (unpaired) electrons. The van der Waals surface area contributed by atoms with E-state index >= 15 is 0 Å². The number of carbonyl (C=O) groups excluding carboxylic acids is 3. The third kappa shape index (κ3) is 5.68. The second kappa shape index (κ2) is 10.7. The molecular weight excluding hydrogens is 460 g/mol. The summed E-state index contributed by atoms with van der Waals surface area (Å²) >= 11 is 0. The molecule has 35 heavy (non-hydrogen) atoms. The molecule has 3 amide bonds. The maximum absolute atomic E-state index is 13.5. The number of hydrogen-bond acceptors (Lipinski definition) is 6. The monoisotopic (exact) mass is 487 g/mol. The van der Waals surface area contributed by atoms with E-state index < -0.39 is 23.6 Å². The van der Waals surface area contributed by atoms with Gasteiger partial charge in [-0.2, -0.15) is 0 Å². The third-order valence-corrected chi connectivity index (χ3v) is 6.09. The average Bonchev–Trinajstić information content (AvgIpc) is 2.87. The predicted molar refractivity (Wildman–Crippen MR) is 126 cm³/mol. The van der Waals surface area contributed by atoms with Crippen LogP contribution in [0.5, 0.6) is 0 Å². The van der Waals surface area contributed by atoms with E-state index in [0.29, 0.717) is 56.2 Å². The molecule has 0 bridgehead atoms. The van der Waals surface area contributed by atoms with E-state index in [1.807, 2.05) is 4.90 Å². The molecule has 0 aromatic heterocycles. The van der Waals surface area contributed by atoms with Crippen LogP contribution in [0.4, 0.5) is 25.0 Å². The highest BCUT2D eigenvalue weighted by Crippen LogP contribution is 2.29. The van der Waals surface area contributed by atoms with Crippen molar-refractivity contribution in [2.45, 2.75) is 0 Å². The van der Waals surface area contributed by atoms with Gasteiger partial charge in [-0.3, -0.25) is 14.9 Å². The SMILES string of the molecule is COC(=O)Nc1cc(C(=O)N2CCNCC2)ccc1N1CCN(C(=O)c2cc(F)cc(F)c2)CC1. The maximum Gasteiger partial charge on any atom is 0.411 e. The lowest BCUT2D eigenvalue weighted by molar-refractivity contribution is 0.0731. The van der Waals surface area contributed by atoms with Crippen LogP contribution in [-0.2, 0) is 4.74 Å². The number of carbonyl (C=O) groups is 3. The molecule has 0 spiro atoms. The van der Waals surface area contributed by atoms with Crippen LogP contribution in [0.25, 0.3) is 0 Å². The van der Waals surface area contributed by atoms with Crippen molar-refractivity contribution in [3.05, 3.63) is 59.2 Å². The first-order valence-electron chi connectivity index (χ1n) is 11.3. The number of hydrogen-bond donors (Lipinski definition) is 2. The van der Waals surface area contributed by atoms with Crippen molar-refractivity contribution >= 4 is 29.3 Å². The van der Waals surface area contributed by atoms with Gasteiger partial charge in [-0.1, -0.05) is 0 Å². The van der Waals surface area contributed by atoms with Crippen molar-refractivity contribution in [3.8, 4) is 0 Å². The topological polar surface area (TPSA) is 94.2 Å². The molecule has 4 rings (SSSR count). The molecule has 186 valence electrons. The van der Waals surface area contributed by atoms with Crippen LogP contribution >= 0.6 is 0 Å². The first-order chi connectivity index (χ1) is 16.9. The van der Waals surface area contributed by atoms with Crippen LogP contribution < -0.4 is 15.5 Å². The van der Waals surface area contributed by atoms with E-state index in [-0.39, 0.29) is 11.5 Å². The Hall–Kier alpha value is -3.73. The average molecular weight is 488 g/mol. The Morgan fingerprint density at radius 1 is 0.829 bits per heavy atom. The number of anilines is 2. The number of benzene rings is 2. The van der Waals surface area contributed by atoms with Gasteiger partial charge in [0.25, 0.3) is 11.8 Å². The van der Waals surface area contributed by atoms with Gasteiger partial charge in [-0.15, -0.1) is 0 Å². The molecule has 2 aromatic carbocycles. The van der Waals surface area contributed by atoms with E-state index in [0.717, 1.165) is 31.3 Å². The number of amides is 3. The summed E-state index contributed by atoms with van der Waals surface area (Å²) in [6.07, 6.45) is -0.667. The van der Waals surface area contributed by atoms with Gasteiger partial charge in [0.1, 0.15) is 11.6 Å². The molecule has 0 aliphatic carbocycles. The minimum absolute atomic E-state index is 0.0419. The fraction of sp³-hybridized carbons (Fsp3) is 0.375. The highest BCUT2D eigenvalue weighted by molar-refractivity contribution is 5.99. The van der Waals surface area contributed by atoms with Crippen LogP contribution in [0, 0.1) is 11.6 Å². The summed E-state index contributed by atoms with van der Waals surface area (Å²) in [5.41, 5.74) is 1.50. The zero-order valence-corrected chi connectivity index (χ0v) is 19.4. The maximum atomic E-state index is 13.5. The molecular formula is C24H27F2N5O4. The van der Waals surface area contributed by atoms with Crippen molar-refractivity contribution < 1.29 is 27.9 Å². The molecule has 2 N–H and O–H groups in total. The first kappa shape index (κ1) is 24.4. The minimum atomic E-state index is -0.805. The van der Waals surface area contributed by atoms with E-state index in [1.165, 1.54) is 12.0 Å². The van der Waals surface area contributed by atoms with Crippen LogP contribution in [-0.4, -0.2) is 87.2 Å². The molecule has 0 atom stereocenters. The Morgan fingerprint density at radius 2 is 1.43 bits per heavy atom. The molecule has 2 aliphatic rings. The summed E-state index contributed by atoms with van der Waals surface area (Å²) < 4.78 is 31.8. The highest BCUT2D eigenvalue weighted by atomic mass is 19.1. The fourth-order valence-electron chi connectivity index (χ4n) is 4.27. The molecule has 2 saturated heterocycles. The smallest absolute Gasteiger partial charge is 0.411 e. The second-order valence-corrected chi connectivity index (χ2v) is 8.33. The van der Waals surface area contributed by atoms with E-state index in [2.05, 4.69) is 10.6 Å². The largest absolute Gasteiger partial charge is 0.453 e. The van der Waals surface area contributed by atoms with Crippen LogP contribution in [0.3, 0.4) is 0 Å². The zero-order chi connectivity index (χ0) is 24.9. The number of piperazine rings is 2. The van der Waals surface area contributed by atoms with Crippen molar-refractivity contribution in [1.82, 2.24) is 15.1 Å². The Kier molecular flexibility index (Phi) is 7.45. The molecule has 2 aliphatic heterocycles. The van der Waals surface area contributed by atoms with Crippen LogP contribution in [0.2, 0.25) is 0 Å². The number of rotatable bonds is 4. The van der Waals surface area contributed by atoms with Gasteiger partial charge in [0, 0.05) is 69.6 Å². The second-order valence-electron chi connectivity index (χ2n) is 8.33. The van der Waals surface area contributed by atoms with Gasteiger partial charge in [-0.25, -0.2) is 13.6 Å². The normalized spacial score (nSPS) is 16.1. The Labute approximate surface area is 201 Å². The summed E-state index contributed by atoms with van der Waals surface area (Å²) in [6.45, 7) is 4.13. The van der Waals surface area contributed by atoms with E-state index in [1.54, 1.807) is 23.1 Å². The van der Waals surface area contributed by atoms with Crippen molar-refractivity contribution in [1.29, 1.82) is 0 Å². The summed E-state index contributed by atoms with van der Waals surface area (Å²) in [4.78, 5) is 42.9. The van der Waals surface area contributed by atoms with Crippen molar-refractivity contribution in [2.75, 3.05) is 69.7 Å². The highest BCUT2D eigenvalue weighted by Gasteiger charge is 2.26. The molecule has 2 heterocycles. The van der Waals surface area contributed by atoms with Crippen molar-refractivity contribution in [3.63, 3.8) is 0 Å². The first-order valence-corrected chi connectivity index (χ1v) is 11.3. The standard InChI is InChI=1S/C24H27F2N5O4/c1-35-24(34)28-20-14-16(22(32)30-6-4-27-5-7-30)2-3-21(20)29-8-10-31(11-9-29)23(33)17-12-18(25)15-19(26)13-17/h2-3,12-15,27H,4-11H2,1H3,(H,28,34). The molecule has 2 aromatic rings. The minimum Gasteiger partial charge on any atom is -0.453 e. The molecule has 0 saturated carbocycles. The van der Waals surface area contributed by atoms with Gasteiger partial charge in [0.2, 0.25) is 0 Å². The Morgan fingerprint density at radius 3 is 2.06 bits per heavy atom. The number of nitrogens with one attached hydrogen (secondary N) is 2. The number of methoxy groups -OCH3 is 1. The van der Waals surface area contributed by atoms with Crippen LogP contribution in [0.15, 0.2) is 36.4 Å². The lowest BCUT2D eigenvalue weighted by Crippen LogP contribution is -2.49. The zero-order valence-electron chi connectivity index (χ0n) is 19.4. The summed E-state index contributed by atoms with van der Waals surface area (Å²) in [6, 6.07) is 7.87.